The molecular formula is C24H23N3O3S. The number of aromatic nitrogens is 1. The Hall–Kier alpha value is -3.58. The van der Waals surface area contributed by atoms with E-state index in [0.29, 0.717) is 0 Å². The number of hydrogen-bond donors (Lipinski definition) is 2. The number of thiophene rings is 1. The minimum Gasteiger partial charge on any atom is -0.497 e. The van der Waals surface area contributed by atoms with Crippen molar-refractivity contribution in [1.82, 2.24) is 4.98 Å². The van der Waals surface area contributed by atoms with Crippen LogP contribution < -0.4 is 15.4 Å². The van der Waals surface area contributed by atoms with E-state index in [2.05, 4.69) is 21.7 Å². The van der Waals surface area contributed by atoms with Crippen LogP contribution in [-0.2, 0) is 0 Å². The number of aryl methyl sites for hydroxylation is 2. The van der Waals surface area contributed by atoms with Crippen molar-refractivity contribution in [2.24, 2.45) is 0 Å². The molecule has 1 aromatic carbocycles. The predicted octanol–water partition coefficient (Wildman–Crippen LogP) is 5.82. The van der Waals surface area contributed by atoms with Gasteiger partial charge in [0.2, 0.25) is 0 Å². The van der Waals surface area contributed by atoms with Gasteiger partial charge in [-0.3, -0.25) is 4.79 Å². The van der Waals surface area contributed by atoms with E-state index in [0.717, 1.165) is 38.1 Å². The first kappa shape index (κ1) is 20.7. The monoisotopic (exact) mass is 433 g/mol. The summed E-state index contributed by atoms with van der Waals surface area (Å²) < 4.78 is 10.7. The van der Waals surface area contributed by atoms with Crippen LogP contribution in [0.5, 0.6) is 5.75 Å². The number of furan rings is 1. The first-order valence-electron chi connectivity index (χ1n) is 9.82. The normalized spacial score (nSPS) is 11.7. The Labute approximate surface area is 184 Å². The Morgan fingerprint density at radius 1 is 1.13 bits per heavy atom. The van der Waals surface area contributed by atoms with Crippen LogP contribution in [-0.4, -0.2) is 18.0 Å². The Balaban J connectivity index is 1.75. The van der Waals surface area contributed by atoms with Gasteiger partial charge < -0.3 is 19.8 Å². The van der Waals surface area contributed by atoms with Crippen LogP contribution in [0.2, 0.25) is 0 Å². The van der Waals surface area contributed by atoms with Gasteiger partial charge in [-0.1, -0.05) is 12.1 Å². The van der Waals surface area contributed by atoms with Crippen molar-refractivity contribution < 1.29 is 13.9 Å². The van der Waals surface area contributed by atoms with E-state index >= 15 is 0 Å². The number of nitrogens with one attached hydrogen (secondary N) is 2. The molecule has 1 atom stereocenters. The molecule has 0 aliphatic rings. The standard InChI is InChI=1S/C24H23N3O3S/c1-15-9-10-25-21(12-15)26-22(17-6-4-7-18(14-17)29-3)19-13-16(2)31-24(19)27-23(28)20-8-5-11-30-20/h4-14,22H,1-3H3,(H,25,26)(H,27,28)/t22-/m1/s1. The molecule has 0 fully saturated rings. The van der Waals surface area contributed by atoms with Crippen molar-refractivity contribution in [3.8, 4) is 5.75 Å². The zero-order valence-electron chi connectivity index (χ0n) is 17.5. The van der Waals surface area contributed by atoms with Gasteiger partial charge in [0.25, 0.3) is 5.91 Å². The molecule has 0 aliphatic carbocycles. The molecule has 1 amide bonds. The van der Waals surface area contributed by atoms with Crippen LogP contribution in [0.15, 0.2) is 71.5 Å². The summed E-state index contributed by atoms with van der Waals surface area (Å²) >= 11 is 1.52. The molecule has 3 aromatic heterocycles. The molecule has 0 spiro atoms. The van der Waals surface area contributed by atoms with Crippen LogP contribution >= 0.6 is 11.3 Å². The van der Waals surface area contributed by atoms with Gasteiger partial charge in [-0.15, -0.1) is 11.3 Å². The highest BCUT2D eigenvalue weighted by Gasteiger charge is 2.23. The van der Waals surface area contributed by atoms with E-state index in [1.807, 2.05) is 50.2 Å². The maximum absolute atomic E-state index is 12.6. The molecule has 4 aromatic rings. The minimum absolute atomic E-state index is 0.249. The second-order valence-electron chi connectivity index (χ2n) is 7.15. The quantitative estimate of drug-likeness (QED) is 0.384. The summed E-state index contributed by atoms with van der Waals surface area (Å²) in [5.74, 6) is 1.49. The summed E-state index contributed by atoms with van der Waals surface area (Å²) in [6.45, 7) is 4.04. The van der Waals surface area contributed by atoms with E-state index in [4.69, 9.17) is 9.15 Å². The number of carbonyl (C=O) groups is 1. The van der Waals surface area contributed by atoms with Gasteiger partial charge in [-0.25, -0.2) is 4.98 Å². The predicted molar refractivity (Wildman–Crippen MR) is 123 cm³/mol. The number of benzene rings is 1. The number of carbonyl (C=O) groups excluding carboxylic acids is 1. The third-order valence-electron chi connectivity index (χ3n) is 4.80. The zero-order valence-corrected chi connectivity index (χ0v) is 18.3. The second-order valence-corrected chi connectivity index (χ2v) is 8.40. The first-order valence-corrected chi connectivity index (χ1v) is 10.6. The molecule has 0 bridgehead atoms. The number of amides is 1. The highest BCUT2D eigenvalue weighted by atomic mass is 32.1. The number of nitrogens with zero attached hydrogens (tertiary/aromatic N) is 1. The van der Waals surface area contributed by atoms with Crippen LogP contribution in [0.4, 0.5) is 10.8 Å². The molecule has 0 radical (unpaired) electrons. The lowest BCUT2D eigenvalue weighted by Crippen LogP contribution is -2.17. The van der Waals surface area contributed by atoms with E-state index in [1.54, 1.807) is 25.4 Å². The lowest BCUT2D eigenvalue weighted by atomic mass is 9.99. The molecule has 0 aliphatic heterocycles. The van der Waals surface area contributed by atoms with Crippen molar-refractivity contribution in [3.63, 3.8) is 0 Å². The fourth-order valence-corrected chi connectivity index (χ4v) is 4.29. The fourth-order valence-electron chi connectivity index (χ4n) is 3.34. The summed E-state index contributed by atoms with van der Waals surface area (Å²) in [4.78, 5) is 18.2. The maximum atomic E-state index is 12.6. The van der Waals surface area contributed by atoms with Gasteiger partial charge in [0.05, 0.1) is 19.4 Å². The van der Waals surface area contributed by atoms with Crippen LogP contribution in [0.1, 0.15) is 38.2 Å². The smallest absolute Gasteiger partial charge is 0.291 e. The van der Waals surface area contributed by atoms with Gasteiger partial charge in [0.15, 0.2) is 5.76 Å². The van der Waals surface area contributed by atoms with Gasteiger partial charge in [0.1, 0.15) is 16.6 Å². The Kier molecular flexibility index (Phi) is 6.04. The number of ether oxygens (including phenoxy) is 1. The Morgan fingerprint density at radius 3 is 2.74 bits per heavy atom. The Morgan fingerprint density at radius 2 is 2.00 bits per heavy atom. The van der Waals surface area contributed by atoms with E-state index in [-0.39, 0.29) is 17.7 Å². The van der Waals surface area contributed by atoms with Crippen LogP contribution in [0.3, 0.4) is 0 Å². The third kappa shape index (κ3) is 4.78. The molecule has 0 saturated heterocycles. The third-order valence-corrected chi connectivity index (χ3v) is 5.78. The minimum atomic E-state index is -0.286. The molecule has 6 nitrogen and oxygen atoms in total. The fraction of sp³-hybridized carbons (Fsp3) is 0.167. The van der Waals surface area contributed by atoms with Crippen molar-refractivity contribution >= 4 is 28.1 Å². The van der Waals surface area contributed by atoms with Gasteiger partial charge in [-0.05, 0) is 67.4 Å². The molecule has 31 heavy (non-hydrogen) atoms. The van der Waals surface area contributed by atoms with Crippen molar-refractivity contribution in [1.29, 1.82) is 0 Å². The van der Waals surface area contributed by atoms with Crippen molar-refractivity contribution in [2.45, 2.75) is 19.9 Å². The van der Waals surface area contributed by atoms with E-state index in [1.165, 1.54) is 17.6 Å². The topological polar surface area (TPSA) is 76.4 Å². The summed E-state index contributed by atoms with van der Waals surface area (Å²) in [5, 5.41) is 7.29. The number of pyridine rings is 1. The van der Waals surface area contributed by atoms with Crippen molar-refractivity contribution in [2.75, 3.05) is 17.7 Å². The molecule has 158 valence electrons. The van der Waals surface area contributed by atoms with Gasteiger partial charge in [0, 0.05) is 16.6 Å². The number of anilines is 2. The average molecular weight is 434 g/mol. The molecular weight excluding hydrogens is 410 g/mol. The molecule has 0 unspecified atom stereocenters. The molecule has 3 heterocycles. The lowest BCUT2D eigenvalue weighted by molar-refractivity contribution is 0.0997. The molecule has 7 heteroatoms. The summed E-state index contributed by atoms with van der Waals surface area (Å²) in [7, 11) is 1.65. The average Bonchev–Trinajstić information content (AvgIpc) is 3.42. The van der Waals surface area contributed by atoms with Crippen molar-refractivity contribution in [3.05, 3.63) is 94.4 Å². The first-order chi connectivity index (χ1) is 15.0. The van der Waals surface area contributed by atoms with Crippen LogP contribution in [0.25, 0.3) is 0 Å². The zero-order chi connectivity index (χ0) is 21.8. The largest absolute Gasteiger partial charge is 0.497 e. The number of rotatable bonds is 7. The van der Waals surface area contributed by atoms with E-state index in [9.17, 15) is 4.79 Å². The van der Waals surface area contributed by atoms with Gasteiger partial charge in [-0.2, -0.15) is 0 Å². The highest BCUT2D eigenvalue weighted by molar-refractivity contribution is 7.16. The highest BCUT2D eigenvalue weighted by Crippen LogP contribution is 2.38. The SMILES string of the molecule is COc1cccc([C@@H](Nc2cc(C)ccn2)c2cc(C)sc2NC(=O)c2ccco2)c1. The van der Waals surface area contributed by atoms with Crippen LogP contribution in [0, 0.1) is 13.8 Å². The summed E-state index contributed by atoms with van der Waals surface area (Å²) in [6.07, 6.45) is 3.26. The molecule has 2 N–H and O–H groups in total. The Bertz CT molecular complexity index is 1180. The molecule has 0 saturated carbocycles. The molecule has 4 rings (SSSR count). The van der Waals surface area contributed by atoms with E-state index < -0.39 is 0 Å². The lowest BCUT2D eigenvalue weighted by Gasteiger charge is -2.21. The number of hydrogen-bond acceptors (Lipinski definition) is 6. The summed E-state index contributed by atoms with van der Waals surface area (Å²) in [5.41, 5.74) is 3.04. The van der Waals surface area contributed by atoms with Gasteiger partial charge >= 0.3 is 0 Å². The number of methoxy groups -OCH3 is 1. The summed E-state index contributed by atoms with van der Waals surface area (Å²) in [6, 6.07) is 17.0. The second kappa shape index (κ2) is 9.06. The maximum Gasteiger partial charge on any atom is 0.291 e.